The van der Waals surface area contributed by atoms with Gasteiger partial charge in [0.25, 0.3) is 0 Å². The van der Waals surface area contributed by atoms with Crippen molar-refractivity contribution < 1.29 is 0 Å². The maximum absolute atomic E-state index is 5.44. The second-order valence-corrected chi connectivity index (χ2v) is 2.71. The average molecular weight is 144 g/mol. The van der Waals surface area contributed by atoms with Crippen molar-refractivity contribution in [3.63, 3.8) is 0 Å². The molecule has 10 heavy (non-hydrogen) atoms. The summed E-state index contributed by atoms with van der Waals surface area (Å²) in [5.41, 5.74) is 10.9. The molecule has 4 nitrogen and oxygen atoms in total. The summed E-state index contributed by atoms with van der Waals surface area (Å²) in [6, 6.07) is 0. The van der Waals surface area contributed by atoms with Crippen molar-refractivity contribution in [1.82, 2.24) is 10.2 Å². The second-order valence-electron chi connectivity index (χ2n) is 2.71. The average Bonchev–Trinajstić information content (AvgIpc) is 1.88. The van der Waals surface area contributed by atoms with E-state index < -0.39 is 0 Å². The third-order valence-corrected chi connectivity index (χ3v) is 1.68. The number of nitrogens with two attached hydrogens (primary N) is 2. The van der Waals surface area contributed by atoms with Crippen molar-refractivity contribution in [2.24, 2.45) is 11.5 Å². The molecule has 60 valence electrons. The predicted molar refractivity (Wildman–Crippen MR) is 41.5 cm³/mol. The first-order chi connectivity index (χ1) is 4.79. The topological polar surface area (TPSA) is 67.3 Å². The minimum Gasteiger partial charge on any atom is -0.315 e. The number of nitrogens with one attached hydrogen (secondary N) is 1. The van der Waals surface area contributed by atoms with Crippen LogP contribution < -0.4 is 16.8 Å². The van der Waals surface area contributed by atoms with Crippen molar-refractivity contribution in [2.75, 3.05) is 32.7 Å². The summed E-state index contributed by atoms with van der Waals surface area (Å²) in [6.07, 6.45) is -0.182. The lowest BCUT2D eigenvalue weighted by atomic mass is 10.3. The molecule has 0 spiro atoms. The molecule has 0 saturated carbocycles. The molecule has 0 aromatic heterocycles. The Morgan fingerprint density at radius 1 is 1.30 bits per heavy atom. The molecule has 1 saturated heterocycles. The molecule has 0 radical (unpaired) electrons. The highest BCUT2D eigenvalue weighted by molar-refractivity contribution is 4.69. The summed E-state index contributed by atoms with van der Waals surface area (Å²) in [6.45, 7) is 5.09. The Hall–Kier alpha value is -0.160. The molecule has 0 bridgehead atoms. The van der Waals surface area contributed by atoms with Crippen LogP contribution in [0.5, 0.6) is 0 Å². The monoisotopic (exact) mass is 144 g/mol. The van der Waals surface area contributed by atoms with E-state index in [1.165, 1.54) is 0 Å². The van der Waals surface area contributed by atoms with Crippen LogP contribution in [0.15, 0.2) is 0 Å². The van der Waals surface area contributed by atoms with Crippen LogP contribution >= 0.6 is 0 Å². The van der Waals surface area contributed by atoms with Gasteiger partial charge >= 0.3 is 0 Å². The summed E-state index contributed by atoms with van der Waals surface area (Å²) in [4.78, 5) is 2.28. The summed E-state index contributed by atoms with van der Waals surface area (Å²) >= 11 is 0. The third-order valence-electron chi connectivity index (χ3n) is 1.68. The van der Waals surface area contributed by atoms with E-state index in [2.05, 4.69) is 10.2 Å². The van der Waals surface area contributed by atoms with Crippen LogP contribution in [0.25, 0.3) is 0 Å². The van der Waals surface area contributed by atoms with Gasteiger partial charge in [-0.25, -0.2) is 0 Å². The van der Waals surface area contributed by atoms with Crippen molar-refractivity contribution in [2.45, 2.75) is 6.17 Å². The second kappa shape index (κ2) is 3.88. The fourth-order valence-electron chi connectivity index (χ4n) is 1.19. The van der Waals surface area contributed by atoms with Gasteiger partial charge < -0.3 is 16.8 Å². The molecule has 1 rings (SSSR count). The lowest BCUT2D eigenvalue weighted by molar-refractivity contribution is 0.228. The van der Waals surface area contributed by atoms with Crippen LogP contribution in [-0.4, -0.2) is 43.8 Å². The zero-order valence-electron chi connectivity index (χ0n) is 6.21. The van der Waals surface area contributed by atoms with E-state index in [0.29, 0.717) is 0 Å². The number of nitrogens with zero attached hydrogens (tertiary/aromatic N) is 1. The van der Waals surface area contributed by atoms with E-state index in [1.807, 2.05) is 0 Å². The maximum Gasteiger partial charge on any atom is 0.0652 e. The van der Waals surface area contributed by atoms with Gasteiger partial charge in [0.05, 0.1) is 6.17 Å². The summed E-state index contributed by atoms with van der Waals surface area (Å²) in [7, 11) is 0. The molecule has 1 aliphatic rings. The van der Waals surface area contributed by atoms with Crippen LogP contribution in [0.1, 0.15) is 0 Å². The van der Waals surface area contributed by atoms with Crippen molar-refractivity contribution in [3.05, 3.63) is 0 Å². The van der Waals surface area contributed by atoms with Gasteiger partial charge in [0, 0.05) is 32.7 Å². The van der Waals surface area contributed by atoms with Gasteiger partial charge in [0.2, 0.25) is 0 Å². The summed E-state index contributed by atoms with van der Waals surface area (Å²) in [5, 5.41) is 3.26. The Bertz CT molecular complexity index is 87.7. The molecular weight excluding hydrogens is 128 g/mol. The lowest BCUT2D eigenvalue weighted by Gasteiger charge is -2.28. The van der Waals surface area contributed by atoms with E-state index in [9.17, 15) is 0 Å². The van der Waals surface area contributed by atoms with Crippen LogP contribution in [0.2, 0.25) is 0 Å². The molecule has 5 N–H and O–H groups in total. The number of piperazine rings is 1. The van der Waals surface area contributed by atoms with Crippen molar-refractivity contribution >= 4 is 0 Å². The SMILES string of the molecule is NC(N)CN1CCNCC1. The zero-order valence-corrected chi connectivity index (χ0v) is 6.21. The first-order valence-electron chi connectivity index (χ1n) is 3.73. The summed E-state index contributed by atoms with van der Waals surface area (Å²) in [5.74, 6) is 0. The Morgan fingerprint density at radius 2 is 1.90 bits per heavy atom. The summed E-state index contributed by atoms with van der Waals surface area (Å²) < 4.78 is 0. The van der Waals surface area contributed by atoms with E-state index in [0.717, 1.165) is 32.7 Å². The third kappa shape index (κ3) is 2.62. The Labute approximate surface area is 61.5 Å². The molecule has 4 heteroatoms. The van der Waals surface area contributed by atoms with Crippen molar-refractivity contribution in [3.8, 4) is 0 Å². The smallest absolute Gasteiger partial charge is 0.0652 e. The molecule has 0 amide bonds. The van der Waals surface area contributed by atoms with Gasteiger partial charge in [-0.05, 0) is 0 Å². The van der Waals surface area contributed by atoms with Crippen LogP contribution in [0, 0.1) is 0 Å². The zero-order chi connectivity index (χ0) is 7.40. The lowest BCUT2D eigenvalue weighted by Crippen LogP contribution is -2.50. The van der Waals surface area contributed by atoms with Gasteiger partial charge in [-0.3, -0.25) is 4.90 Å². The molecule has 0 unspecified atom stereocenters. The molecule has 0 atom stereocenters. The first kappa shape index (κ1) is 7.94. The molecular formula is C6H16N4. The minimum atomic E-state index is -0.182. The van der Waals surface area contributed by atoms with E-state index >= 15 is 0 Å². The fourth-order valence-corrected chi connectivity index (χ4v) is 1.19. The van der Waals surface area contributed by atoms with Gasteiger partial charge in [0.1, 0.15) is 0 Å². The van der Waals surface area contributed by atoms with Gasteiger partial charge in [-0.15, -0.1) is 0 Å². The molecule has 0 aliphatic carbocycles. The van der Waals surface area contributed by atoms with Crippen LogP contribution in [-0.2, 0) is 0 Å². The number of hydrogen-bond donors (Lipinski definition) is 3. The Morgan fingerprint density at radius 3 is 2.40 bits per heavy atom. The van der Waals surface area contributed by atoms with Crippen LogP contribution in [0.3, 0.4) is 0 Å². The normalized spacial score (nSPS) is 21.9. The Kier molecular flexibility index (Phi) is 3.08. The fraction of sp³-hybridized carbons (Fsp3) is 1.00. The first-order valence-corrected chi connectivity index (χ1v) is 3.73. The van der Waals surface area contributed by atoms with Crippen molar-refractivity contribution in [1.29, 1.82) is 0 Å². The largest absolute Gasteiger partial charge is 0.315 e. The van der Waals surface area contributed by atoms with E-state index in [4.69, 9.17) is 11.5 Å². The highest BCUT2D eigenvalue weighted by Gasteiger charge is 2.09. The molecule has 1 fully saturated rings. The number of rotatable bonds is 2. The number of hydrogen-bond acceptors (Lipinski definition) is 4. The van der Waals surface area contributed by atoms with Gasteiger partial charge in [-0.1, -0.05) is 0 Å². The van der Waals surface area contributed by atoms with Gasteiger partial charge in [0.15, 0.2) is 0 Å². The molecule has 1 aliphatic heterocycles. The van der Waals surface area contributed by atoms with Crippen LogP contribution in [0.4, 0.5) is 0 Å². The Balaban J connectivity index is 2.13. The van der Waals surface area contributed by atoms with E-state index in [-0.39, 0.29) is 6.17 Å². The molecule has 0 aromatic carbocycles. The highest BCUT2D eigenvalue weighted by atomic mass is 15.2. The van der Waals surface area contributed by atoms with E-state index in [1.54, 1.807) is 0 Å². The predicted octanol–water partition coefficient (Wildman–Crippen LogP) is -1.86. The highest BCUT2D eigenvalue weighted by Crippen LogP contribution is 1.90. The molecule has 1 heterocycles. The quantitative estimate of drug-likeness (QED) is 0.397. The standard InChI is InChI=1S/C6H16N4/c7-6(8)5-10-3-1-9-2-4-10/h6,9H,1-5,7-8H2. The van der Waals surface area contributed by atoms with Gasteiger partial charge in [-0.2, -0.15) is 0 Å². The molecule has 0 aromatic rings. The minimum absolute atomic E-state index is 0.182. The maximum atomic E-state index is 5.44.